The third kappa shape index (κ3) is 8.39. The fourth-order valence-electron chi connectivity index (χ4n) is 1.81. The van der Waals surface area contributed by atoms with Crippen LogP contribution in [0.15, 0.2) is 0 Å². The summed E-state index contributed by atoms with van der Waals surface area (Å²) < 4.78 is 9.54. The molecule has 0 aromatic carbocycles. The van der Waals surface area contributed by atoms with Crippen LogP contribution in [0.3, 0.4) is 0 Å². The van der Waals surface area contributed by atoms with Crippen molar-refractivity contribution < 1.29 is 29.0 Å². The third-order valence-electron chi connectivity index (χ3n) is 2.80. The van der Waals surface area contributed by atoms with Gasteiger partial charge < -0.3 is 24.8 Å². The maximum absolute atomic E-state index is 12.3. The lowest BCUT2D eigenvalue weighted by atomic mass is 10.2. The van der Waals surface area contributed by atoms with E-state index in [4.69, 9.17) is 9.47 Å². The van der Waals surface area contributed by atoms with Gasteiger partial charge in [0, 0.05) is 6.54 Å². The van der Waals surface area contributed by atoms with Crippen molar-refractivity contribution in [3.8, 4) is 0 Å². The van der Waals surface area contributed by atoms with E-state index < -0.39 is 30.1 Å². The zero-order chi connectivity index (χ0) is 18.0. The number of ether oxygens (including phenoxy) is 2. The van der Waals surface area contributed by atoms with Crippen LogP contribution in [-0.4, -0.2) is 66.4 Å². The highest BCUT2D eigenvalue weighted by Gasteiger charge is 2.26. The van der Waals surface area contributed by atoms with Crippen LogP contribution >= 0.6 is 0 Å². The predicted molar refractivity (Wildman–Crippen MR) is 83.7 cm³/mol. The number of nitrogens with one attached hydrogen (secondary N) is 1. The highest BCUT2D eigenvalue weighted by atomic mass is 16.5. The summed E-state index contributed by atoms with van der Waals surface area (Å²) in [6.07, 6.45) is -1.43. The molecule has 0 heterocycles. The van der Waals surface area contributed by atoms with Crippen molar-refractivity contribution in [2.24, 2.45) is 5.92 Å². The molecule has 0 radical (unpaired) electrons. The Kier molecular flexibility index (Phi) is 9.96. The van der Waals surface area contributed by atoms with Crippen LogP contribution in [0, 0.1) is 5.92 Å². The van der Waals surface area contributed by atoms with Crippen molar-refractivity contribution in [1.82, 2.24) is 10.2 Å². The number of aliphatic hydroxyl groups is 1. The van der Waals surface area contributed by atoms with Gasteiger partial charge in [-0.05, 0) is 26.7 Å². The van der Waals surface area contributed by atoms with Crippen LogP contribution in [0.4, 0.5) is 4.79 Å². The minimum Gasteiger partial charge on any atom is -0.464 e. The number of aliphatic hydroxyl groups excluding tert-OH is 1. The SMILES string of the molecule is CCOC(=O)C(O)CN(CC(C)C)C(=O)N[C@@H](C)C(=O)OCC. The van der Waals surface area contributed by atoms with Crippen LogP contribution < -0.4 is 5.32 Å². The Balaban J connectivity index is 4.78. The number of amides is 2. The topological polar surface area (TPSA) is 105 Å². The number of hydrogen-bond acceptors (Lipinski definition) is 6. The van der Waals surface area contributed by atoms with Crippen LogP contribution in [0.25, 0.3) is 0 Å². The quantitative estimate of drug-likeness (QED) is 0.597. The van der Waals surface area contributed by atoms with E-state index in [1.165, 1.54) is 11.8 Å². The summed E-state index contributed by atoms with van der Waals surface area (Å²) in [7, 11) is 0. The normalized spacial score (nSPS) is 13.2. The Labute approximate surface area is 137 Å². The number of carbonyl (C=O) groups is 3. The molecular weight excluding hydrogens is 304 g/mol. The second-order valence-electron chi connectivity index (χ2n) is 5.49. The molecule has 0 bridgehead atoms. The van der Waals surface area contributed by atoms with Gasteiger partial charge in [-0.25, -0.2) is 14.4 Å². The van der Waals surface area contributed by atoms with Crippen LogP contribution in [0.5, 0.6) is 0 Å². The van der Waals surface area contributed by atoms with Gasteiger partial charge in [0.25, 0.3) is 0 Å². The number of rotatable bonds is 9. The first-order valence-electron chi connectivity index (χ1n) is 7.79. The van der Waals surface area contributed by atoms with Gasteiger partial charge in [0.05, 0.1) is 19.8 Å². The first kappa shape index (κ1) is 21.2. The summed E-state index contributed by atoms with van der Waals surface area (Å²) in [6.45, 7) is 9.07. The molecule has 8 nitrogen and oxygen atoms in total. The number of nitrogens with zero attached hydrogens (tertiary/aromatic N) is 1. The average Bonchev–Trinajstić information content (AvgIpc) is 2.46. The van der Waals surface area contributed by atoms with Gasteiger partial charge >= 0.3 is 18.0 Å². The van der Waals surface area contributed by atoms with Crippen LogP contribution in [0.2, 0.25) is 0 Å². The summed E-state index contributed by atoms with van der Waals surface area (Å²) >= 11 is 0. The standard InChI is InChI=1S/C15H28N2O6/c1-6-22-13(19)11(5)16-15(21)17(8-10(3)4)9-12(18)14(20)23-7-2/h10-12,18H,6-9H2,1-5H3,(H,16,21)/t11-,12?/m0/s1. The van der Waals surface area contributed by atoms with Crippen LogP contribution in [-0.2, 0) is 19.1 Å². The van der Waals surface area contributed by atoms with E-state index in [-0.39, 0.29) is 25.7 Å². The zero-order valence-electron chi connectivity index (χ0n) is 14.5. The molecule has 0 saturated heterocycles. The number of carbonyl (C=O) groups excluding carboxylic acids is 3. The molecule has 1 unspecified atom stereocenters. The Morgan fingerprint density at radius 2 is 1.52 bits per heavy atom. The number of hydrogen-bond donors (Lipinski definition) is 2. The summed E-state index contributed by atoms with van der Waals surface area (Å²) in [5.41, 5.74) is 0. The Hall–Kier alpha value is -1.83. The van der Waals surface area contributed by atoms with E-state index in [9.17, 15) is 19.5 Å². The van der Waals surface area contributed by atoms with E-state index in [1.54, 1.807) is 13.8 Å². The molecule has 0 aliphatic carbocycles. The molecule has 0 fully saturated rings. The number of urea groups is 1. The molecule has 0 rings (SSSR count). The molecule has 2 atom stereocenters. The van der Waals surface area contributed by atoms with Crippen molar-refractivity contribution in [2.45, 2.75) is 46.8 Å². The van der Waals surface area contributed by atoms with Crippen LogP contribution in [0.1, 0.15) is 34.6 Å². The fourth-order valence-corrected chi connectivity index (χ4v) is 1.81. The lowest BCUT2D eigenvalue weighted by Crippen LogP contribution is -2.51. The first-order valence-corrected chi connectivity index (χ1v) is 7.79. The molecule has 0 aliphatic heterocycles. The van der Waals surface area contributed by atoms with Crippen molar-refractivity contribution in [1.29, 1.82) is 0 Å². The Bertz CT molecular complexity index is 399. The van der Waals surface area contributed by atoms with Gasteiger partial charge in [-0.1, -0.05) is 13.8 Å². The molecule has 134 valence electrons. The minimum atomic E-state index is -1.43. The highest BCUT2D eigenvalue weighted by molar-refractivity contribution is 5.83. The molecule has 2 amide bonds. The highest BCUT2D eigenvalue weighted by Crippen LogP contribution is 2.03. The molecule has 0 spiro atoms. The van der Waals surface area contributed by atoms with Gasteiger partial charge in [-0.15, -0.1) is 0 Å². The molecule has 0 saturated carbocycles. The summed E-state index contributed by atoms with van der Waals surface area (Å²) in [5, 5.41) is 12.3. The largest absolute Gasteiger partial charge is 0.464 e. The van der Waals surface area contributed by atoms with Gasteiger partial charge in [-0.2, -0.15) is 0 Å². The minimum absolute atomic E-state index is 0.119. The van der Waals surface area contributed by atoms with Crippen molar-refractivity contribution in [3.63, 3.8) is 0 Å². The lowest BCUT2D eigenvalue weighted by Gasteiger charge is -2.27. The summed E-state index contributed by atoms with van der Waals surface area (Å²) in [5.74, 6) is -1.21. The fraction of sp³-hybridized carbons (Fsp3) is 0.800. The molecule has 0 aliphatic rings. The predicted octanol–water partition coefficient (Wildman–Crippen LogP) is 0.530. The zero-order valence-corrected chi connectivity index (χ0v) is 14.5. The Morgan fingerprint density at radius 1 is 1.00 bits per heavy atom. The molecule has 8 heteroatoms. The first-order chi connectivity index (χ1) is 10.7. The molecule has 23 heavy (non-hydrogen) atoms. The molecule has 2 N–H and O–H groups in total. The van der Waals surface area contributed by atoms with Gasteiger partial charge in [0.1, 0.15) is 6.04 Å². The van der Waals surface area contributed by atoms with Gasteiger partial charge in [-0.3, -0.25) is 0 Å². The molecule has 0 aromatic heterocycles. The monoisotopic (exact) mass is 332 g/mol. The van der Waals surface area contributed by atoms with Crippen molar-refractivity contribution in [3.05, 3.63) is 0 Å². The van der Waals surface area contributed by atoms with Gasteiger partial charge in [0.2, 0.25) is 0 Å². The van der Waals surface area contributed by atoms with E-state index >= 15 is 0 Å². The summed E-state index contributed by atoms with van der Waals surface area (Å²) in [6, 6.07) is -1.38. The lowest BCUT2D eigenvalue weighted by molar-refractivity contribution is -0.153. The van der Waals surface area contributed by atoms with Crippen molar-refractivity contribution in [2.75, 3.05) is 26.3 Å². The second-order valence-corrected chi connectivity index (χ2v) is 5.49. The van der Waals surface area contributed by atoms with E-state index in [1.807, 2.05) is 13.8 Å². The van der Waals surface area contributed by atoms with E-state index in [0.717, 1.165) is 0 Å². The van der Waals surface area contributed by atoms with Crippen molar-refractivity contribution >= 4 is 18.0 Å². The Morgan fingerprint density at radius 3 is 2.00 bits per heavy atom. The molecular formula is C15H28N2O6. The maximum Gasteiger partial charge on any atom is 0.336 e. The summed E-state index contributed by atoms with van der Waals surface area (Å²) in [4.78, 5) is 36.6. The number of esters is 2. The van der Waals surface area contributed by atoms with E-state index in [2.05, 4.69) is 5.32 Å². The second kappa shape index (κ2) is 10.8. The van der Waals surface area contributed by atoms with E-state index in [0.29, 0.717) is 6.54 Å². The smallest absolute Gasteiger partial charge is 0.336 e. The maximum atomic E-state index is 12.3. The molecule has 0 aromatic rings. The average molecular weight is 332 g/mol. The van der Waals surface area contributed by atoms with Gasteiger partial charge in [0.15, 0.2) is 6.10 Å². The third-order valence-corrected chi connectivity index (χ3v) is 2.80.